The van der Waals surface area contributed by atoms with Gasteiger partial charge in [-0.05, 0) is 68.0 Å². The van der Waals surface area contributed by atoms with Crippen molar-refractivity contribution in [3.8, 4) is 0 Å². The molecule has 0 aromatic heterocycles. The Kier molecular flexibility index (Phi) is 12.4. The highest BCUT2D eigenvalue weighted by molar-refractivity contribution is 7.90. The number of nitrogens with zero attached hydrogens (tertiary/aromatic N) is 1. The molecule has 5 N–H and O–H groups in total. The predicted octanol–water partition coefficient (Wildman–Crippen LogP) is 4.22. The molecule has 11 heteroatoms. The van der Waals surface area contributed by atoms with E-state index in [-0.39, 0.29) is 28.2 Å². The molecule has 254 valence electrons. The van der Waals surface area contributed by atoms with Gasteiger partial charge in [0.15, 0.2) is 0 Å². The second-order valence-electron chi connectivity index (χ2n) is 14.0. The highest BCUT2D eigenvalue weighted by Gasteiger charge is 2.41. The van der Waals surface area contributed by atoms with Crippen LogP contribution >= 0.6 is 0 Å². The number of amides is 3. The number of hydrogen-bond donors (Lipinski definition) is 4. The summed E-state index contributed by atoms with van der Waals surface area (Å²) in [7, 11) is -0.840. The molecule has 3 unspecified atom stereocenters. The van der Waals surface area contributed by atoms with Gasteiger partial charge in [0.25, 0.3) is 15.9 Å². The molecule has 3 atom stereocenters. The number of anilines is 1. The van der Waals surface area contributed by atoms with Gasteiger partial charge in [-0.1, -0.05) is 84.9 Å². The van der Waals surface area contributed by atoms with Crippen molar-refractivity contribution in [2.45, 2.75) is 97.7 Å². The first kappa shape index (κ1) is 38.5. The number of likely N-dealkylation sites (N-methyl/N-ethyl adjacent to an activating group) is 2. The van der Waals surface area contributed by atoms with Crippen molar-refractivity contribution >= 4 is 33.4 Å². The molecule has 0 aliphatic heterocycles. The Balaban J connectivity index is 2.36. The first-order valence-corrected chi connectivity index (χ1v) is 17.0. The van der Waals surface area contributed by atoms with E-state index in [4.69, 9.17) is 5.73 Å². The molecular formula is C35H53N5O5S. The smallest absolute Gasteiger partial charge is 0.264 e. The van der Waals surface area contributed by atoms with E-state index in [2.05, 4.69) is 15.4 Å². The molecule has 0 bridgehead atoms. The summed E-state index contributed by atoms with van der Waals surface area (Å²) in [6.07, 6.45) is 1.59. The van der Waals surface area contributed by atoms with Crippen molar-refractivity contribution in [1.82, 2.24) is 20.3 Å². The number of rotatable bonds is 12. The van der Waals surface area contributed by atoms with E-state index >= 15 is 0 Å². The van der Waals surface area contributed by atoms with Crippen molar-refractivity contribution in [2.24, 2.45) is 11.3 Å². The van der Waals surface area contributed by atoms with Gasteiger partial charge in [0, 0.05) is 23.7 Å². The highest BCUT2D eigenvalue weighted by atomic mass is 32.2. The molecule has 0 spiro atoms. The van der Waals surface area contributed by atoms with Crippen LogP contribution in [0.25, 0.3) is 0 Å². The lowest BCUT2D eigenvalue weighted by Crippen LogP contribution is -2.61. The highest BCUT2D eigenvalue weighted by Crippen LogP contribution is 2.29. The van der Waals surface area contributed by atoms with Gasteiger partial charge in [-0.3, -0.25) is 14.4 Å². The van der Waals surface area contributed by atoms with Gasteiger partial charge in [0.1, 0.15) is 6.04 Å². The van der Waals surface area contributed by atoms with Crippen LogP contribution < -0.4 is 21.1 Å². The number of sulfonamides is 1. The quantitative estimate of drug-likeness (QED) is 0.198. The Morgan fingerprint density at radius 2 is 1.48 bits per heavy atom. The van der Waals surface area contributed by atoms with Crippen molar-refractivity contribution in [1.29, 1.82) is 0 Å². The molecule has 0 saturated heterocycles. The lowest BCUT2D eigenvalue weighted by atomic mass is 9.76. The second kappa shape index (κ2) is 14.8. The molecule has 0 aliphatic rings. The third-order valence-corrected chi connectivity index (χ3v) is 10.2. The van der Waals surface area contributed by atoms with E-state index in [9.17, 15) is 22.8 Å². The molecule has 0 heterocycles. The van der Waals surface area contributed by atoms with Crippen LogP contribution in [0.4, 0.5) is 5.69 Å². The fourth-order valence-electron chi connectivity index (χ4n) is 5.53. The van der Waals surface area contributed by atoms with Crippen LogP contribution in [0.2, 0.25) is 0 Å². The van der Waals surface area contributed by atoms with Gasteiger partial charge in [-0.25, -0.2) is 13.1 Å². The van der Waals surface area contributed by atoms with Gasteiger partial charge < -0.3 is 21.3 Å². The van der Waals surface area contributed by atoms with E-state index in [0.717, 1.165) is 5.56 Å². The van der Waals surface area contributed by atoms with Crippen LogP contribution in [0.3, 0.4) is 0 Å². The number of nitrogens with one attached hydrogen (secondary N) is 3. The Labute approximate surface area is 275 Å². The summed E-state index contributed by atoms with van der Waals surface area (Å²) < 4.78 is 28.4. The van der Waals surface area contributed by atoms with Crippen LogP contribution in [-0.2, 0) is 29.8 Å². The zero-order chi connectivity index (χ0) is 35.4. The molecule has 2 rings (SSSR count). The fourth-order valence-corrected chi connectivity index (χ4v) is 6.85. The number of carbonyl (C=O) groups is 3. The first-order valence-electron chi connectivity index (χ1n) is 15.5. The largest absolute Gasteiger partial charge is 0.399 e. The molecule has 2 aromatic carbocycles. The maximum atomic E-state index is 14.1. The van der Waals surface area contributed by atoms with Crippen molar-refractivity contribution in [2.75, 3.05) is 19.8 Å². The molecule has 46 heavy (non-hydrogen) atoms. The zero-order valence-corrected chi connectivity index (χ0v) is 30.2. The predicted molar refractivity (Wildman–Crippen MR) is 185 cm³/mol. The van der Waals surface area contributed by atoms with Gasteiger partial charge in [-0.2, -0.15) is 0 Å². The summed E-state index contributed by atoms with van der Waals surface area (Å²) in [5, 5.41) is 6.16. The van der Waals surface area contributed by atoms with E-state index in [1.54, 1.807) is 34.0 Å². The zero-order valence-electron chi connectivity index (χ0n) is 29.4. The SMILES string of the molecule is CNC(C(=O)NC(C(=O)N(C)C(C=C(C)C(=O)NS(=O)(=O)c1ccc(N)c(C)c1C)C(C)C)C(C)(C)C)C(C)(C)c1ccccc1. The summed E-state index contributed by atoms with van der Waals surface area (Å²) in [4.78, 5) is 42.5. The third-order valence-electron chi connectivity index (χ3n) is 8.74. The van der Waals surface area contributed by atoms with Crippen LogP contribution in [-0.4, -0.2) is 63.3 Å². The Bertz CT molecular complexity index is 1560. The van der Waals surface area contributed by atoms with Crippen LogP contribution in [0.1, 0.15) is 72.1 Å². The minimum Gasteiger partial charge on any atom is -0.399 e. The van der Waals surface area contributed by atoms with E-state index in [1.807, 2.05) is 78.8 Å². The minimum absolute atomic E-state index is 0.0351. The fraction of sp³-hybridized carbons (Fsp3) is 0.514. The van der Waals surface area contributed by atoms with Crippen LogP contribution in [0, 0.1) is 25.2 Å². The van der Waals surface area contributed by atoms with Crippen molar-refractivity contribution in [3.63, 3.8) is 0 Å². The van der Waals surface area contributed by atoms with Crippen molar-refractivity contribution < 1.29 is 22.8 Å². The Morgan fingerprint density at radius 3 is 1.98 bits per heavy atom. The summed E-state index contributed by atoms with van der Waals surface area (Å²) in [5.74, 6) is -1.60. The molecule has 0 fully saturated rings. The average Bonchev–Trinajstić information content (AvgIpc) is 2.96. The third kappa shape index (κ3) is 8.76. The summed E-state index contributed by atoms with van der Waals surface area (Å²) in [6.45, 7) is 18.3. The standard InChI is InChI=1S/C35H53N5O5S/c1-21(2)27(20-22(3)31(41)39-46(44,45)28-19-18-26(36)23(4)24(28)5)40(12)33(43)30(34(6,7)8)38-32(42)29(37-11)35(9,10)25-16-14-13-15-17-25/h13-21,27,29-30,37H,36H2,1-12H3,(H,38,42)(H,39,41). The topological polar surface area (TPSA) is 151 Å². The van der Waals surface area contributed by atoms with E-state index < -0.39 is 44.9 Å². The second-order valence-corrected chi connectivity index (χ2v) is 15.6. The number of hydrogen-bond acceptors (Lipinski definition) is 7. The van der Waals surface area contributed by atoms with Gasteiger partial charge in [0.2, 0.25) is 11.8 Å². The Morgan fingerprint density at radius 1 is 0.913 bits per heavy atom. The van der Waals surface area contributed by atoms with Crippen molar-refractivity contribution in [3.05, 3.63) is 70.8 Å². The maximum absolute atomic E-state index is 14.1. The molecule has 3 amide bonds. The number of carbonyl (C=O) groups excluding carboxylic acids is 3. The minimum atomic E-state index is -4.19. The normalized spacial score (nSPS) is 14.8. The van der Waals surface area contributed by atoms with Crippen LogP contribution in [0.15, 0.2) is 59.0 Å². The monoisotopic (exact) mass is 655 g/mol. The molecule has 0 radical (unpaired) electrons. The maximum Gasteiger partial charge on any atom is 0.264 e. The van der Waals surface area contributed by atoms with Gasteiger partial charge in [-0.15, -0.1) is 0 Å². The summed E-state index contributed by atoms with van der Waals surface area (Å²) in [5.41, 5.74) is 7.29. The summed E-state index contributed by atoms with van der Waals surface area (Å²) >= 11 is 0. The van der Waals surface area contributed by atoms with E-state index in [0.29, 0.717) is 16.8 Å². The lowest BCUT2D eigenvalue weighted by molar-refractivity contribution is -0.140. The van der Waals surface area contributed by atoms with Crippen LogP contribution in [0.5, 0.6) is 0 Å². The lowest BCUT2D eigenvalue weighted by Gasteiger charge is -2.40. The first-order chi connectivity index (χ1) is 21.1. The molecule has 0 saturated carbocycles. The van der Waals surface area contributed by atoms with Gasteiger partial charge in [0.05, 0.1) is 17.0 Å². The van der Waals surface area contributed by atoms with Gasteiger partial charge >= 0.3 is 0 Å². The molecule has 0 aliphatic carbocycles. The average molecular weight is 656 g/mol. The number of nitrogen functional groups attached to an aromatic ring is 1. The summed E-state index contributed by atoms with van der Waals surface area (Å²) in [6, 6.07) is 10.5. The molecule has 2 aromatic rings. The molecular weight excluding hydrogens is 602 g/mol. The van der Waals surface area contributed by atoms with E-state index in [1.165, 1.54) is 24.0 Å². The Hall–Kier alpha value is -3.70. The number of nitrogens with two attached hydrogens (primary N) is 1. The molecule has 10 nitrogen and oxygen atoms in total. The number of benzene rings is 2.